The Morgan fingerprint density at radius 2 is 1.96 bits per heavy atom. The number of ether oxygens (including phenoxy) is 1. The molecule has 0 radical (unpaired) electrons. The number of cyclic esters (lactones) is 1. The van der Waals surface area contributed by atoms with Gasteiger partial charge in [0.15, 0.2) is 0 Å². The zero-order valence-corrected chi connectivity index (χ0v) is 18.3. The molecule has 4 rings (SSSR count). The molecule has 2 amide bonds. The Labute approximate surface area is 187 Å². The average Bonchev–Trinajstić information content (AvgIpc) is 2.92. The molecule has 142 valence electrons. The molecule has 0 N–H and O–H groups in total. The van der Waals surface area contributed by atoms with E-state index in [1.807, 2.05) is 6.07 Å². The minimum absolute atomic E-state index is 0. The SMILES string of the molecule is C[C@@]12COC(=O)CN(C(=O)Cc3ccccc3)[C@@H]3C(=O)N(C3S1)[C@H]2C(=O)[O-].[Na+]. The first kappa shape index (κ1) is 21.2. The second-order valence-corrected chi connectivity index (χ2v) is 8.73. The summed E-state index contributed by atoms with van der Waals surface area (Å²) in [5.74, 6) is -2.90. The first-order valence-electron chi connectivity index (χ1n) is 8.52. The standard InChI is InChI=1S/C18H18N2O6S.Na/c1-18-9-26-12(22)8-19(11(21)7-10-5-3-2-4-6-10)13-15(23)20(16(13)27-18)14(18)17(24)25;/h2-6,13-14,16H,7-9H2,1H3,(H,24,25);/q;+1/p-1/t13-,14+,16?,18+;/m1./s1. The maximum absolute atomic E-state index is 12.9. The number of rotatable bonds is 3. The van der Waals surface area contributed by atoms with Crippen LogP contribution in [0.5, 0.6) is 0 Å². The van der Waals surface area contributed by atoms with Crippen molar-refractivity contribution in [2.24, 2.45) is 0 Å². The van der Waals surface area contributed by atoms with Crippen molar-refractivity contribution in [2.45, 2.75) is 35.5 Å². The molecule has 3 aliphatic rings. The van der Waals surface area contributed by atoms with E-state index in [1.54, 1.807) is 31.2 Å². The fourth-order valence-electron chi connectivity index (χ4n) is 3.89. The van der Waals surface area contributed by atoms with Gasteiger partial charge in [-0.15, -0.1) is 11.8 Å². The fraction of sp³-hybridized carbons (Fsp3) is 0.444. The van der Waals surface area contributed by atoms with E-state index in [9.17, 15) is 24.3 Å². The van der Waals surface area contributed by atoms with Crippen molar-refractivity contribution in [2.75, 3.05) is 13.2 Å². The number of benzene rings is 1. The van der Waals surface area contributed by atoms with E-state index in [4.69, 9.17) is 4.74 Å². The van der Waals surface area contributed by atoms with Crippen molar-refractivity contribution in [3.8, 4) is 0 Å². The number of fused-ring (bicyclic) bond motifs is 1. The van der Waals surface area contributed by atoms with Gasteiger partial charge in [0.25, 0.3) is 0 Å². The predicted molar refractivity (Wildman–Crippen MR) is 92.0 cm³/mol. The van der Waals surface area contributed by atoms with Crippen LogP contribution in [0.1, 0.15) is 12.5 Å². The number of nitrogens with zero attached hydrogens (tertiary/aromatic N) is 2. The van der Waals surface area contributed by atoms with Gasteiger partial charge in [-0.3, -0.25) is 14.4 Å². The minimum Gasteiger partial charge on any atom is -0.548 e. The number of carbonyl (C=O) groups excluding carboxylic acids is 4. The molecule has 8 nitrogen and oxygen atoms in total. The van der Waals surface area contributed by atoms with Gasteiger partial charge < -0.3 is 24.4 Å². The largest absolute Gasteiger partial charge is 1.00 e. The molecule has 2 bridgehead atoms. The van der Waals surface area contributed by atoms with E-state index in [0.717, 1.165) is 5.56 Å². The van der Waals surface area contributed by atoms with Gasteiger partial charge in [0.1, 0.15) is 24.6 Å². The van der Waals surface area contributed by atoms with Gasteiger partial charge in [0.2, 0.25) is 11.8 Å². The molecule has 28 heavy (non-hydrogen) atoms. The van der Waals surface area contributed by atoms with Gasteiger partial charge in [0, 0.05) is 0 Å². The molecule has 0 aliphatic carbocycles. The summed E-state index contributed by atoms with van der Waals surface area (Å²) < 4.78 is 4.22. The van der Waals surface area contributed by atoms with Crippen LogP contribution >= 0.6 is 11.8 Å². The van der Waals surface area contributed by atoms with E-state index >= 15 is 0 Å². The zero-order valence-electron chi connectivity index (χ0n) is 15.5. The van der Waals surface area contributed by atoms with Crippen molar-refractivity contribution < 1.29 is 58.6 Å². The van der Waals surface area contributed by atoms with Crippen LogP contribution < -0.4 is 34.7 Å². The van der Waals surface area contributed by atoms with Gasteiger partial charge in [-0.1, -0.05) is 30.3 Å². The quantitative estimate of drug-likeness (QED) is 0.281. The molecule has 1 aromatic rings. The molecule has 4 atom stereocenters. The van der Waals surface area contributed by atoms with Crippen LogP contribution in [0.3, 0.4) is 0 Å². The van der Waals surface area contributed by atoms with Gasteiger partial charge in [0.05, 0.1) is 23.2 Å². The number of thioether (sulfide) groups is 1. The topological polar surface area (TPSA) is 107 Å². The summed E-state index contributed by atoms with van der Waals surface area (Å²) >= 11 is 1.24. The zero-order chi connectivity index (χ0) is 19.3. The molecule has 1 aromatic carbocycles. The van der Waals surface area contributed by atoms with Crippen LogP contribution in [0.25, 0.3) is 0 Å². The second-order valence-electron chi connectivity index (χ2n) is 7.08. The smallest absolute Gasteiger partial charge is 0.548 e. The van der Waals surface area contributed by atoms with Gasteiger partial charge in [-0.25, -0.2) is 0 Å². The Bertz CT molecular complexity index is 837. The first-order chi connectivity index (χ1) is 12.8. The third-order valence-electron chi connectivity index (χ3n) is 5.20. The summed E-state index contributed by atoms with van der Waals surface area (Å²) in [6, 6.07) is 6.93. The number of hydrogen-bond acceptors (Lipinski definition) is 7. The van der Waals surface area contributed by atoms with Crippen molar-refractivity contribution in [3.63, 3.8) is 0 Å². The molecule has 10 heteroatoms. The summed E-state index contributed by atoms with van der Waals surface area (Å²) in [6.07, 6.45) is 0.0382. The second kappa shape index (κ2) is 7.70. The maximum Gasteiger partial charge on any atom is 1.00 e. The van der Waals surface area contributed by atoms with Crippen molar-refractivity contribution in [3.05, 3.63) is 35.9 Å². The summed E-state index contributed by atoms with van der Waals surface area (Å²) in [6.45, 7) is 1.14. The van der Waals surface area contributed by atoms with Gasteiger partial charge in [-0.05, 0) is 12.5 Å². The van der Waals surface area contributed by atoms with E-state index in [0.29, 0.717) is 0 Å². The average molecular weight is 412 g/mol. The number of β-lactam (4-membered cyclic amide) rings is 1. The van der Waals surface area contributed by atoms with Gasteiger partial charge in [-0.2, -0.15) is 0 Å². The van der Waals surface area contributed by atoms with Crippen LogP contribution in [-0.4, -0.2) is 68.9 Å². The molecule has 3 heterocycles. The number of aliphatic carboxylic acids is 1. The van der Waals surface area contributed by atoms with Crippen LogP contribution in [0.2, 0.25) is 0 Å². The Hall–Kier alpha value is -1.55. The Morgan fingerprint density at radius 1 is 1.29 bits per heavy atom. The number of hydrogen-bond donors (Lipinski definition) is 0. The summed E-state index contributed by atoms with van der Waals surface area (Å²) in [4.78, 5) is 51.9. The number of esters is 1. The molecule has 3 aliphatic heterocycles. The van der Waals surface area contributed by atoms with Crippen molar-refractivity contribution in [1.29, 1.82) is 0 Å². The normalized spacial score (nSPS) is 31.0. The predicted octanol–water partition coefficient (Wildman–Crippen LogP) is -4.22. The minimum atomic E-state index is -1.39. The summed E-state index contributed by atoms with van der Waals surface area (Å²) in [5, 5.41) is 11.1. The molecule has 3 saturated heterocycles. The summed E-state index contributed by atoms with van der Waals surface area (Å²) in [5.41, 5.74) is 0.760. The summed E-state index contributed by atoms with van der Waals surface area (Å²) in [7, 11) is 0. The van der Waals surface area contributed by atoms with Crippen LogP contribution in [0, 0.1) is 0 Å². The first-order valence-corrected chi connectivity index (χ1v) is 9.40. The molecule has 3 fully saturated rings. The third kappa shape index (κ3) is 3.34. The molecule has 1 unspecified atom stereocenters. The van der Waals surface area contributed by atoms with E-state index in [-0.39, 0.29) is 55.0 Å². The number of carboxylic acids is 1. The van der Waals surface area contributed by atoms with E-state index in [2.05, 4.69) is 0 Å². The molecular formula is C18H17N2NaO6S. The van der Waals surface area contributed by atoms with E-state index < -0.39 is 40.1 Å². The van der Waals surface area contributed by atoms with Gasteiger partial charge >= 0.3 is 35.5 Å². The molecule has 0 aromatic heterocycles. The van der Waals surface area contributed by atoms with E-state index in [1.165, 1.54) is 21.6 Å². The van der Waals surface area contributed by atoms with Crippen molar-refractivity contribution in [1.82, 2.24) is 9.80 Å². The van der Waals surface area contributed by atoms with Crippen LogP contribution in [-0.2, 0) is 30.3 Å². The molecule has 0 spiro atoms. The molecular weight excluding hydrogens is 395 g/mol. The Kier molecular flexibility index (Phi) is 5.82. The monoisotopic (exact) mass is 412 g/mol. The van der Waals surface area contributed by atoms with Crippen molar-refractivity contribution >= 4 is 35.5 Å². The number of carboxylic acid groups (broad SMARTS) is 1. The van der Waals surface area contributed by atoms with Crippen LogP contribution in [0.15, 0.2) is 30.3 Å². The Morgan fingerprint density at radius 3 is 2.61 bits per heavy atom. The third-order valence-corrected chi connectivity index (χ3v) is 6.80. The maximum atomic E-state index is 12.9. The molecule has 0 saturated carbocycles. The van der Waals surface area contributed by atoms with Crippen LogP contribution in [0.4, 0.5) is 0 Å². The number of amides is 2. The number of carbonyl (C=O) groups is 4. The Balaban J connectivity index is 0.00000225. The fourth-order valence-corrected chi connectivity index (χ4v) is 5.63.